The molecule has 0 atom stereocenters. The van der Waals surface area contributed by atoms with E-state index in [-0.39, 0.29) is 0 Å². The fraction of sp³-hybridized carbons (Fsp3) is 0.364. The maximum atomic E-state index is 5.74. The van der Waals surface area contributed by atoms with Crippen molar-refractivity contribution in [3.8, 4) is 0 Å². The van der Waals surface area contributed by atoms with Gasteiger partial charge in [-0.3, -0.25) is 5.10 Å². The highest BCUT2D eigenvalue weighted by Crippen LogP contribution is 2.24. The maximum Gasteiger partial charge on any atom is 0.153 e. The summed E-state index contributed by atoms with van der Waals surface area (Å²) in [6.45, 7) is 4.19. The number of benzene rings is 1. The van der Waals surface area contributed by atoms with Gasteiger partial charge in [0.25, 0.3) is 0 Å². The minimum atomic E-state index is 0.571. The molecule has 1 aliphatic rings. The number of anilines is 2. The number of nitrogens with two attached hydrogens (primary N) is 1. The highest BCUT2D eigenvalue weighted by molar-refractivity contribution is 5.90. The number of aromatic amines is 1. The molecule has 16 heavy (non-hydrogen) atoms. The van der Waals surface area contributed by atoms with E-state index >= 15 is 0 Å². The van der Waals surface area contributed by atoms with Gasteiger partial charge >= 0.3 is 0 Å². The van der Waals surface area contributed by atoms with Gasteiger partial charge in [0.1, 0.15) is 0 Å². The Kier molecular flexibility index (Phi) is 2.18. The molecular formula is C11H15N5. The number of nitrogen functional groups attached to an aromatic ring is 1. The van der Waals surface area contributed by atoms with Crippen molar-refractivity contribution in [3.63, 3.8) is 0 Å². The predicted octanol–water partition coefficient (Wildman–Crippen LogP) is 0.555. The van der Waals surface area contributed by atoms with E-state index in [1.54, 1.807) is 0 Å². The Balaban J connectivity index is 1.97. The molecule has 1 aromatic carbocycles. The summed E-state index contributed by atoms with van der Waals surface area (Å²) >= 11 is 0. The third kappa shape index (κ3) is 1.49. The molecule has 84 valence electrons. The standard InChI is InChI=1S/C11H15N5/c12-11-9-2-1-8(7-10(9)14-15-11)16-5-3-13-4-6-16/h1-2,7,13H,3-6H2,(H3,12,14,15). The number of hydrogen-bond acceptors (Lipinski definition) is 4. The fourth-order valence-electron chi connectivity index (χ4n) is 2.15. The molecule has 5 nitrogen and oxygen atoms in total. The minimum Gasteiger partial charge on any atom is -0.382 e. The molecular weight excluding hydrogens is 202 g/mol. The molecule has 3 rings (SSSR count). The van der Waals surface area contributed by atoms with Crippen LogP contribution in [0.15, 0.2) is 18.2 Å². The highest BCUT2D eigenvalue weighted by atomic mass is 15.2. The molecule has 1 aromatic heterocycles. The van der Waals surface area contributed by atoms with E-state index in [1.165, 1.54) is 5.69 Å². The van der Waals surface area contributed by atoms with E-state index in [1.807, 2.05) is 6.07 Å². The molecule has 0 spiro atoms. The van der Waals surface area contributed by atoms with Crippen LogP contribution < -0.4 is 16.0 Å². The summed E-state index contributed by atoms with van der Waals surface area (Å²) in [4.78, 5) is 2.37. The zero-order valence-corrected chi connectivity index (χ0v) is 9.03. The largest absolute Gasteiger partial charge is 0.382 e. The summed E-state index contributed by atoms with van der Waals surface area (Å²) in [6.07, 6.45) is 0. The van der Waals surface area contributed by atoms with Gasteiger partial charge in [-0.05, 0) is 18.2 Å². The Morgan fingerprint density at radius 3 is 2.88 bits per heavy atom. The van der Waals surface area contributed by atoms with Gasteiger partial charge in [0, 0.05) is 37.3 Å². The number of nitrogens with zero attached hydrogens (tertiary/aromatic N) is 2. The summed E-state index contributed by atoms with van der Waals surface area (Å²) in [5, 5.41) is 11.3. The van der Waals surface area contributed by atoms with E-state index in [9.17, 15) is 0 Å². The molecule has 2 heterocycles. The quantitative estimate of drug-likeness (QED) is 0.652. The lowest BCUT2D eigenvalue weighted by Gasteiger charge is -2.29. The zero-order valence-electron chi connectivity index (χ0n) is 9.03. The number of piperazine rings is 1. The van der Waals surface area contributed by atoms with Crippen LogP contribution in [0.3, 0.4) is 0 Å². The van der Waals surface area contributed by atoms with E-state index in [2.05, 4.69) is 32.5 Å². The average Bonchev–Trinajstić information content (AvgIpc) is 2.72. The first-order valence-corrected chi connectivity index (χ1v) is 5.54. The van der Waals surface area contributed by atoms with Gasteiger partial charge in [-0.1, -0.05) is 0 Å². The van der Waals surface area contributed by atoms with Gasteiger partial charge in [-0.25, -0.2) is 0 Å². The lowest BCUT2D eigenvalue weighted by atomic mass is 10.2. The number of aromatic nitrogens is 2. The molecule has 1 fully saturated rings. The third-order valence-corrected chi connectivity index (χ3v) is 3.06. The first-order chi connectivity index (χ1) is 7.84. The molecule has 1 saturated heterocycles. The third-order valence-electron chi connectivity index (χ3n) is 3.06. The van der Waals surface area contributed by atoms with Gasteiger partial charge in [0.15, 0.2) is 5.82 Å². The van der Waals surface area contributed by atoms with Crippen molar-refractivity contribution in [1.82, 2.24) is 15.5 Å². The summed E-state index contributed by atoms with van der Waals surface area (Å²) in [6, 6.07) is 6.26. The van der Waals surface area contributed by atoms with E-state index < -0.39 is 0 Å². The molecule has 0 aliphatic carbocycles. The molecule has 0 bridgehead atoms. The zero-order chi connectivity index (χ0) is 11.0. The van der Waals surface area contributed by atoms with E-state index in [4.69, 9.17) is 5.73 Å². The number of fused-ring (bicyclic) bond motifs is 1. The lowest BCUT2D eigenvalue weighted by molar-refractivity contribution is 0.589. The topological polar surface area (TPSA) is 70.0 Å². The Morgan fingerprint density at radius 1 is 1.25 bits per heavy atom. The first-order valence-electron chi connectivity index (χ1n) is 5.54. The first kappa shape index (κ1) is 9.47. The van der Waals surface area contributed by atoms with Crippen LogP contribution in [0.2, 0.25) is 0 Å². The van der Waals surface area contributed by atoms with Crippen LogP contribution in [0.25, 0.3) is 10.9 Å². The van der Waals surface area contributed by atoms with Crippen LogP contribution >= 0.6 is 0 Å². The van der Waals surface area contributed by atoms with Gasteiger partial charge in [-0.2, -0.15) is 5.10 Å². The average molecular weight is 217 g/mol. The van der Waals surface area contributed by atoms with Gasteiger partial charge in [-0.15, -0.1) is 0 Å². The highest BCUT2D eigenvalue weighted by Gasteiger charge is 2.11. The maximum absolute atomic E-state index is 5.74. The Morgan fingerprint density at radius 2 is 2.06 bits per heavy atom. The minimum absolute atomic E-state index is 0.571. The van der Waals surface area contributed by atoms with Crippen LogP contribution in [0.4, 0.5) is 11.5 Å². The smallest absolute Gasteiger partial charge is 0.153 e. The second-order valence-corrected chi connectivity index (χ2v) is 4.08. The molecule has 0 amide bonds. The number of H-pyrrole nitrogens is 1. The van der Waals surface area contributed by atoms with Crippen LogP contribution in [0, 0.1) is 0 Å². The summed E-state index contributed by atoms with van der Waals surface area (Å²) in [7, 11) is 0. The molecule has 2 aromatic rings. The Bertz CT molecular complexity index is 498. The number of hydrogen-bond donors (Lipinski definition) is 3. The predicted molar refractivity (Wildman–Crippen MR) is 65.6 cm³/mol. The van der Waals surface area contributed by atoms with E-state index in [0.717, 1.165) is 37.1 Å². The van der Waals surface area contributed by atoms with Crippen molar-refractivity contribution in [3.05, 3.63) is 18.2 Å². The lowest BCUT2D eigenvalue weighted by Crippen LogP contribution is -2.43. The molecule has 4 N–H and O–H groups in total. The van der Waals surface area contributed by atoms with Crippen molar-refractivity contribution in [2.24, 2.45) is 0 Å². The summed E-state index contributed by atoms with van der Waals surface area (Å²) in [5.41, 5.74) is 7.98. The second kappa shape index (κ2) is 3.68. The SMILES string of the molecule is Nc1n[nH]c2cc(N3CCNCC3)ccc12. The normalized spacial score (nSPS) is 16.9. The van der Waals surface area contributed by atoms with Crippen LogP contribution in [-0.4, -0.2) is 36.4 Å². The Hall–Kier alpha value is -1.75. The number of rotatable bonds is 1. The molecule has 0 saturated carbocycles. The van der Waals surface area contributed by atoms with Crippen LogP contribution in [-0.2, 0) is 0 Å². The molecule has 0 unspecified atom stereocenters. The number of nitrogens with one attached hydrogen (secondary N) is 2. The van der Waals surface area contributed by atoms with Crippen molar-refractivity contribution >= 4 is 22.4 Å². The molecule has 5 heteroatoms. The summed E-state index contributed by atoms with van der Waals surface area (Å²) < 4.78 is 0. The van der Waals surface area contributed by atoms with Crippen molar-refractivity contribution in [2.45, 2.75) is 0 Å². The van der Waals surface area contributed by atoms with E-state index in [0.29, 0.717) is 5.82 Å². The van der Waals surface area contributed by atoms with Crippen molar-refractivity contribution < 1.29 is 0 Å². The van der Waals surface area contributed by atoms with Gasteiger partial charge in [0.2, 0.25) is 0 Å². The Labute approximate surface area is 93.6 Å². The summed E-state index contributed by atoms with van der Waals surface area (Å²) in [5.74, 6) is 0.571. The van der Waals surface area contributed by atoms with Crippen LogP contribution in [0.5, 0.6) is 0 Å². The monoisotopic (exact) mass is 217 g/mol. The fourth-order valence-corrected chi connectivity index (χ4v) is 2.15. The van der Waals surface area contributed by atoms with Crippen molar-refractivity contribution in [2.75, 3.05) is 36.8 Å². The molecule has 1 aliphatic heterocycles. The van der Waals surface area contributed by atoms with Crippen molar-refractivity contribution in [1.29, 1.82) is 0 Å². The van der Waals surface area contributed by atoms with Crippen LogP contribution in [0.1, 0.15) is 0 Å². The molecule has 0 radical (unpaired) electrons. The second-order valence-electron chi connectivity index (χ2n) is 4.08. The van der Waals surface area contributed by atoms with Gasteiger partial charge in [0.05, 0.1) is 5.52 Å². The van der Waals surface area contributed by atoms with Gasteiger partial charge < -0.3 is 16.0 Å².